The molecule has 0 spiro atoms. The molecule has 1 saturated heterocycles. The molecular weight excluding hydrogens is 315 g/mol. The number of likely N-dealkylation sites (tertiary alicyclic amines) is 1. The molecule has 1 aliphatic heterocycles. The molecule has 1 aromatic carbocycles. The van der Waals surface area contributed by atoms with Crippen LogP contribution in [0.15, 0.2) is 24.3 Å². The van der Waals surface area contributed by atoms with Crippen molar-refractivity contribution in [3.8, 4) is 0 Å². The van der Waals surface area contributed by atoms with Gasteiger partial charge in [-0.15, -0.1) is 0 Å². The third-order valence-corrected chi connectivity index (χ3v) is 5.73. The zero-order valence-electron chi connectivity index (χ0n) is 15.2. The van der Waals surface area contributed by atoms with E-state index >= 15 is 0 Å². The zero-order chi connectivity index (χ0) is 17.5. The smallest absolute Gasteiger partial charge is 0.223 e. The standard InChI is InChI=1S/C21H31FN2O/c22-19-10-8-17(9-11-19)16-24-14-12-18(13-15-24)21(25)23-20-6-4-2-1-3-5-7-20/h8-11,18,20H,1-7,12-16H2,(H,23,25). The van der Waals surface area contributed by atoms with E-state index in [2.05, 4.69) is 10.2 Å². The van der Waals surface area contributed by atoms with Gasteiger partial charge < -0.3 is 5.32 Å². The van der Waals surface area contributed by atoms with Crippen molar-refractivity contribution in [1.29, 1.82) is 0 Å². The molecule has 0 bridgehead atoms. The molecule has 3 rings (SSSR count). The van der Waals surface area contributed by atoms with Gasteiger partial charge in [-0.3, -0.25) is 9.69 Å². The van der Waals surface area contributed by atoms with E-state index in [0.29, 0.717) is 6.04 Å². The highest BCUT2D eigenvalue weighted by Gasteiger charge is 2.26. The molecule has 0 aromatic heterocycles. The second-order valence-electron chi connectivity index (χ2n) is 7.73. The average Bonchev–Trinajstić information content (AvgIpc) is 2.60. The van der Waals surface area contributed by atoms with Crippen LogP contribution in [0.25, 0.3) is 0 Å². The van der Waals surface area contributed by atoms with Crippen LogP contribution >= 0.6 is 0 Å². The fourth-order valence-electron chi connectivity index (χ4n) is 4.12. The number of carbonyl (C=O) groups excluding carboxylic acids is 1. The predicted octanol–water partition coefficient (Wildman–Crippen LogP) is 4.27. The molecule has 2 aliphatic rings. The molecular formula is C21H31FN2O. The molecule has 1 heterocycles. The van der Waals surface area contributed by atoms with Crippen LogP contribution in [0, 0.1) is 11.7 Å². The molecule has 1 aliphatic carbocycles. The summed E-state index contributed by atoms with van der Waals surface area (Å²) in [7, 11) is 0. The Labute approximate surface area is 151 Å². The lowest BCUT2D eigenvalue weighted by Gasteiger charge is -2.32. The third-order valence-electron chi connectivity index (χ3n) is 5.73. The molecule has 0 radical (unpaired) electrons. The maximum absolute atomic E-state index is 13.0. The summed E-state index contributed by atoms with van der Waals surface area (Å²) in [5.41, 5.74) is 1.14. The summed E-state index contributed by atoms with van der Waals surface area (Å²) in [6, 6.07) is 7.13. The van der Waals surface area contributed by atoms with E-state index in [1.807, 2.05) is 12.1 Å². The van der Waals surface area contributed by atoms with Gasteiger partial charge in [-0.25, -0.2) is 4.39 Å². The monoisotopic (exact) mass is 346 g/mol. The van der Waals surface area contributed by atoms with Crippen LogP contribution < -0.4 is 5.32 Å². The highest BCUT2D eigenvalue weighted by molar-refractivity contribution is 5.79. The van der Waals surface area contributed by atoms with Crippen molar-refractivity contribution in [3.05, 3.63) is 35.6 Å². The second kappa shape index (κ2) is 9.33. The van der Waals surface area contributed by atoms with Crippen LogP contribution in [-0.4, -0.2) is 29.9 Å². The summed E-state index contributed by atoms with van der Waals surface area (Å²) in [5.74, 6) is 0.246. The van der Waals surface area contributed by atoms with Crippen molar-refractivity contribution in [2.75, 3.05) is 13.1 Å². The van der Waals surface area contributed by atoms with E-state index in [-0.39, 0.29) is 17.6 Å². The van der Waals surface area contributed by atoms with Crippen molar-refractivity contribution in [2.24, 2.45) is 5.92 Å². The van der Waals surface area contributed by atoms with Gasteiger partial charge in [0.05, 0.1) is 0 Å². The fourth-order valence-corrected chi connectivity index (χ4v) is 4.12. The largest absolute Gasteiger partial charge is 0.353 e. The van der Waals surface area contributed by atoms with E-state index in [1.165, 1.54) is 44.2 Å². The minimum atomic E-state index is -0.187. The van der Waals surface area contributed by atoms with Crippen LogP contribution in [0.5, 0.6) is 0 Å². The lowest BCUT2D eigenvalue weighted by Crippen LogP contribution is -2.43. The first kappa shape index (κ1) is 18.4. The normalized spacial score (nSPS) is 21.5. The topological polar surface area (TPSA) is 32.3 Å². The number of nitrogens with zero attached hydrogens (tertiary/aromatic N) is 1. The number of rotatable bonds is 4. The summed E-state index contributed by atoms with van der Waals surface area (Å²) in [6.45, 7) is 2.73. The first-order valence-electron chi connectivity index (χ1n) is 9.98. The fraction of sp³-hybridized carbons (Fsp3) is 0.667. The van der Waals surface area contributed by atoms with Gasteiger partial charge in [-0.2, -0.15) is 0 Å². The van der Waals surface area contributed by atoms with Gasteiger partial charge in [0.25, 0.3) is 0 Å². The quantitative estimate of drug-likeness (QED) is 0.883. The molecule has 1 aromatic rings. The highest BCUT2D eigenvalue weighted by Crippen LogP contribution is 2.22. The molecule has 25 heavy (non-hydrogen) atoms. The predicted molar refractivity (Wildman–Crippen MR) is 98.7 cm³/mol. The van der Waals surface area contributed by atoms with Gasteiger partial charge in [-0.05, 0) is 56.5 Å². The van der Waals surface area contributed by atoms with Crippen LogP contribution in [0.2, 0.25) is 0 Å². The summed E-state index contributed by atoms with van der Waals surface area (Å²) in [6.07, 6.45) is 10.6. The Bertz CT molecular complexity index is 529. The third kappa shape index (κ3) is 5.81. The molecule has 1 N–H and O–H groups in total. The molecule has 138 valence electrons. The summed E-state index contributed by atoms with van der Waals surface area (Å²) < 4.78 is 13.0. The second-order valence-corrected chi connectivity index (χ2v) is 7.73. The van der Waals surface area contributed by atoms with Gasteiger partial charge >= 0.3 is 0 Å². The minimum Gasteiger partial charge on any atom is -0.353 e. The van der Waals surface area contributed by atoms with E-state index < -0.39 is 0 Å². The molecule has 3 nitrogen and oxygen atoms in total. The van der Waals surface area contributed by atoms with Gasteiger partial charge in [0.15, 0.2) is 0 Å². The van der Waals surface area contributed by atoms with E-state index in [1.54, 1.807) is 0 Å². The van der Waals surface area contributed by atoms with Crippen LogP contribution in [-0.2, 0) is 11.3 Å². The van der Waals surface area contributed by atoms with E-state index in [4.69, 9.17) is 0 Å². The molecule has 0 atom stereocenters. The van der Waals surface area contributed by atoms with E-state index in [0.717, 1.165) is 50.9 Å². The Morgan fingerprint density at radius 3 is 2.20 bits per heavy atom. The first-order valence-corrected chi connectivity index (χ1v) is 9.98. The lowest BCUT2D eigenvalue weighted by atomic mass is 9.93. The van der Waals surface area contributed by atoms with Crippen LogP contribution in [0.3, 0.4) is 0 Å². The van der Waals surface area contributed by atoms with Crippen molar-refractivity contribution in [2.45, 2.75) is 70.4 Å². The number of piperidine rings is 1. The number of nitrogens with one attached hydrogen (secondary N) is 1. The van der Waals surface area contributed by atoms with Gasteiger partial charge in [0, 0.05) is 18.5 Å². The van der Waals surface area contributed by atoms with Gasteiger partial charge in [0.1, 0.15) is 5.82 Å². The number of halogens is 1. The zero-order valence-corrected chi connectivity index (χ0v) is 15.2. The van der Waals surface area contributed by atoms with Crippen LogP contribution in [0.4, 0.5) is 4.39 Å². The summed E-state index contributed by atoms with van der Waals surface area (Å²) in [5, 5.41) is 3.33. The highest BCUT2D eigenvalue weighted by atomic mass is 19.1. The average molecular weight is 346 g/mol. The van der Waals surface area contributed by atoms with Crippen molar-refractivity contribution in [3.63, 3.8) is 0 Å². The van der Waals surface area contributed by atoms with Crippen molar-refractivity contribution >= 4 is 5.91 Å². The van der Waals surface area contributed by atoms with Gasteiger partial charge in [0.2, 0.25) is 5.91 Å². The SMILES string of the molecule is O=C(NC1CCCCCCC1)C1CCN(Cc2ccc(F)cc2)CC1. The minimum absolute atomic E-state index is 0.162. The maximum Gasteiger partial charge on any atom is 0.223 e. The number of hydrogen-bond donors (Lipinski definition) is 1. The van der Waals surface area contributed by atoms with E-state index in [9.17, 15) is 9.18 Å². The first-order chi connectivity index (χ1) is 12.2. The molecule has 4 heteroatoms. The number of carbonyl (C=O) groups is 1. The Morgan fingerprint density at radius 2 is 1.56 bits per heavy atom. The number of amides is 1. The molecule has 1 saturated carbocycles. The lowest BCUT2D eigenvalue weighted by molar-refractivity contribution is -0.127. The number of benzene rings is 1. The van der Waals surface area contributed by atoms with Gasteiger partial charge in [-0.1, -0.05) is 44.2 Å². The molecule has 1 amide bonds. The Hall–Kier alpha value is -1.42. The number of hydrogen-bond acceptors (Lipinski definition) is 2. The summed E-state index contributed by atoms with van der Waals surface area (Å²) >= 11 is 0. The molecule has 2 fully saturated rings. The van der Waals surface area contributed by atoms with Crippen LogP contribution in [0.1, 0.15) is 63.4 Å². The Morgan fingerprint density at radius 1 is 0.960 bits per heavy atom. The van der Waals surface area contributed by atoms with Crippen molar-refractivity contribution < 1.29 is 9.18 Å². The Balaban J connectivity index is 1.41. The van der Waals surface area contributed by atoms with Crippen molar-refractivity contribution in [1.82, 2.24) is 10.2 Å². The Kier molecular flexibility index (Phi) is 6.85. The maximum atomic E-state index is 13.0. The molecule has 0 unspecified atom stereocenters. The summed E-state index contributed by atoms with van der Waals surface area (Å²) in [4.78, 5) is 15.0.